The predicted molar refractivity (Wildman–Crippen MR) is 65.1 cm³/mol. The van der Waals surface area contributed by atoms with Gasteiger partial charge in [0.1, 0.15) is 0 Å². The lowest BCUT2D eigenvalue weighted by Crippen LogP contribution is -2.29. The Morgan fingerprint density at radius 3 is 3.12 bits per heavy atom. The summed E-state index contributed by atoms with van der Waals surface area (Å²) >= 11 is 1.18. The Kier molecular flexibility index (Phi) is 5.37. The molecule has 1 aliphatic rings. The highest BCUT2D eigenvalue weighted by molar-refractivity contribution is 7.03. The Balaban J connectivity index is 0.00000128. The molecule has 0 saturated heterocycles. The van der Waals surface area contributed by atoms with Crippen LogP contribution in [0.4, 0.5) is 0 Å². The lowest BCUT2D eigenvalue weighted by molar-refractivity contribution is 0.0951. The normalized spacial score (nSPS) is 14.9. The zero-order chi connectivity index (χ0) is 10.5. The summed E-state index contributed by atoms with van der Waals surface area (Å²) in [6.07, 6.45) is 3.11. The smallest absolute Gasteiger partial charge is 0.272 e. The summed E-state index contributed by atoms with van der Waals surface area (Å²) in [6.45, 7) is 2.49. The number of halogens is 1. The molecule has 7 heteroatoms. The number of carbonyl (C=O) groups excluding carboxylic acids is 1. The van der Waals surface area contributed by atoms with Crippen LogP contribution >= 0.6 is 23.9 Å². The van der Waals surface area contributed by atoms with Gasteiger partial charge in [0.25, 0.3) is 5.91 Å². The second-order valence-corrected chi connectivity index (χ2v) is 3.90. The molecule has 0 radical (unpaired) electrons. The maximum Gasteiger partial charge on any atom is 0.272 e. The Labute approximate surface area is 104 Å². The van der Waals surface area contributed by atoms with Gasteiger partial charge in [-0.3, -0.25) is 4.79 Å². The molecule has 0 fully saturated rings. The van der Waals surface area contributed by atoms with Gasteiger partial charge in [0.15, 0.2) is 5.69 Å². The summed E-state index contributed by atoms with van der Waals surface area (Å²) in [5, 5.41) is 11.4. The molecule has 1 aromatic rings. The lowest BCUT2D eigenvalue weighted by atomic mass is 10.1. The van der Waals surface area contributed by atoms with E-state index in [1.54, 1.807) is 5.38 Å². The van der Waals surface area contributed by atoms with Crippen molar-refractivity contribution >= 4 is 29.8 Å². The number of nitrogens with zero attached hydrogens (tertiary/aromatic N) is 2. The van der Waals surface area contributed by atoms with Crippen LogP contribution in [-0.2, 0) is 0 Å². The zero-order valence-corrected chi connectivity index (χ0v) is 10.2. The average Bonchev–Trinajstić information content (AvgIpc) is 2.81. The van der Waals surface area contributed by atoms with Gasteiger partial charge in [0.05, 0.1) is 0 Å². The summed E-state index contributed by atoms with van der Waals surface area (Å²) in [5.41, 5.74) is 1.67. The van der Waals surface area contributed by atoms with E-state index in [4.69, 9.17) is 0 Å². The predicted octanol–water partition coefficient (Wildman–Crippen LogP) is 0.609. The minimum Gasteiger partial charge on any atom is -0.347 e. The molecule has 2 N–H and O–H groups in total. The van der Waals surface area contributed by atoms with Gasteiger partial charge in [-0.05, 0) is 24.5 Å². The summed E-state index contributed by atoms with van der Waals surface area (Å²) < 4.78 is 3.64. The fourth-order valence-electron chi connectivity index (χ4n) is 1.38. The third-order valence-corrected chi connectivity index (χ3v) is 2.73. The molecule has 0 aromatic carbocycles. The molecule has 0 saturated carbocycles. The highest BCUT2D eigenvalue weighted by Gasteiger charge is 2.09. The van der Waals surface area contributed by atoms with E-state index in [1.807, 2.05) is 0 Å². The number of rotatable bonds is 3. The van der Waals surface area contributed by atoms with Crippen molar-refractivity contribution < 1.29 is 4.79 Å². The van der Waals surface area contributed by atoms with Crippen LogP contribution in [0.2, 0.25) is 0 Å². The third-order valence-electron chi connectivity index (χ3n) is 2.23. The van der Waals surface area contributed by atoms with Crippen LogP contribution in [0.5, 0.6) is 0 Å². The van der Waals surface area contributed by atoms with E-state index in [1.165, 1.54) is 17.1 Å². The Morgan fingerprint density at radius 2 is 2.50 bits per heavy atom. The molecule has 2 rings (SSSR count). The van der Waals surface area contributed by atoms with Crippen LogP contribution in [0.1, 0.15) is 16.9 Å². The molecular formula is C9H13ClN4OS. The standard InChI is InChI=1S/C9H12N4OS.ClH/c14-9(8-6-15-13-12-8)11-5-7-1-3-10-4-2-7;/h1,6,10H,2-5H2,(H,11,14);1H. The van der Waals surface area contributed by atoms with Crippen molar-refractivity contribution in [1.29, 1.82) is 0 Å². The fourth-order valence-corrected chi connectivity index (χ4v) is 1.81. The number of aromatic nitrogens is 2. The number of hydrogen-bond acceptors (Lipinski definition) is 5. The molecule has 1 aliphatic heterocycles. The topological polar surface area (TPSA) is 66.9 Å². The summed E-state index contributed by atoms with van der Waals surface area (Å²) in [4.78, 5) is 11.5. The van der Waals surface area contributed by atoms with Crippen molar-refractivity contribution in [2.75, 3.05) is 19.6 Å². The number of hydrogen-bond donors (Lipinski definition) is 2. The summed E-state index contributed by atoms with van der Waals surface area (Å²) in [6, 6.07) is 0. The molecule has 1 amide bonds. The van der Waals surface area contributed by atoms with Gasteiger partial charge in [-0.2, -0.15) is 0 Å². The van der Waals surface area contributed by atoms with Crippen molar-refractivity contribution in [1.82, 2.24) is 20.2 Å². The molecule has 1 aromatic heterocycles. The van der Waals surface area contributed by atoms with Crippen LogP contribution in [0.15, 0.2) is 17.0 Å². The van der Waals surface area contributed by atoms with Crippen molar-refractivity contribution in [3.8, 4) is 0 Å². The minimum atomic E-state index is -0.150. The van der Waals surface area contributed by atoms with Crippen LogP contribution in [-0.4, -0.2) is 35.1 Å². The molecule has 0 bridgehead atoms. The maximum atomic E-state index is 11.5. The Bertz CT molecular complexity index is 366. The molecule has 0 spiro atoms. The van der Waals surface area contributed by atoms with Crippen molar-refractivity contribution in [2.45, 2.75) is 6.42 Å². The van der Waals surface area contributed by atoms with E-state index < -0.39 is 0 Å². The van der Waals surface area contributed by atoms with E-state index in [9.17, 15) is 4.79 Å². The van der Waals surface area contributed by atoms with E-state index in [2.05, 4.69) is 26.3 Å². The zero-order valence-electron chi connectivity index (χ0n) is 8.60. The molecule has 5 nitrogen and oxygen atoms in total. The van der Waals surface area contributed by atoms with E-state index in [0.29, 0.717) is 12.2 Å². The van der Waals surface area contributed by atoms with Crippen LogP contribution in [0, 0.1) is 0 Å². The van der Waals surface area contributed by atoms with Gasteiger partial charge in [-0.15, -0.1) is 17.5 Å². The molecule has 0 atom stereocenters. The SMILES string of the molecule is Cl.O=C(NCC1=CCNCC1)c1csnn1. The number of nitrogens with one attached hydrogen (secondary N) is 2. The largest absolute Gasteiger partial charge is 0.347 e. The van der Waals surface area contributed by atoms with Crippen LogP contribution < -0.4 is 10.6 Å². The molecule has 0 aliphatic carbocycles. The number of amides is 1. The van der Waals surface area contributed by atoms with Crippen LogP contribution in [0.3, 0.4) is 0 Å². The van der Waals surface area contributed by atoms with Crippen molar-refractivity contribution in [3.63, 3.8) is 0 Å². The first-order chi connectivity index (χ1) is 7.36. The minimum absolute atomic E-state index is 0. The lowest BCUT2D eigenvalue weighted by Gasteiger charge is -2.13. The highest BCUT2D eigenvalue weighted by atomic mass is 35.5. The molecule has 0 unspecified atom stereocenters. The second kappa shape index (κ2) is 6.57. The Morgan fingerprint density at radius 1 is 1.62 bits per heavy atom. The molecular weight excluding hydrogens is 248 g/mol. The first kappa shape index (κ1) is 13.1. The van der Waals surface area contributed by atoms with E-state index in [-0.39, 0.29) is 18.3 Å². The summed E-state index contributed by atoms with van der Waals surface area (Å²) in [7, 11) is 0. The number of carbonyl (C=O) groups is 1. The third kappa shape index (κ3) is 3.55. The molecule has 88 valence electrons. The van der Waals surface area contributed by atoms with Crippen LogP contribution in [0.25, 0.3) is 0 Å². The first-order valence-corrected chi connectivity index (χ1v) is 5.64. The van der Waals surface area contributed by atoms with E-state index in [0.717, 1.165) is 19.5 Å². The first-order valence-electron chi connectivity index (χ1n) is 4.80. The molecule has 2 heterocycles. The van der Waals surface area contributed by atoms with Gasteiger partial charge in [0.2, 0.25) is 0 Å². The van der Waals surface area contributed by atoms with Gasteiger partial charge >= 0.3 is 0 Å². The molecule has 16 heavy (non-hydrogen) atoms. The summed E-state index contributed by atoms with van der Waals surface area (Å²) in [5.74, 6) is -0.150. The fraction of sp³-hybridized carbons (Fsp3) is 0.444. The van der Waals surface area contributed by atoms with Gasteiger partial charge < -0.3 is 10.6 Å². The monoisotopic (exact) mass is 260 g/mol. The highest BCUT2D eigenvalue weighted by Crippen LogP contribution is 2.03. The van der Waals surface area contributed by atoms with Gasteiger partial charge in [-0.25, -0.2) is 0 Å². The Hall–Kier alpha value is -0.980. The second-order valence-electron chi connectivity index (χ2n) is 3.29. The van der Waals surface area contributed by atoms with Crippen molar-refractivity contribution in [3.05, 3.63) is 22.7 Å². The van der Waals surface area contributed by atoms with E-state index >= 15 is 0 Å². The van der Waals surface area contributed by atoms with Gasteiger partial charge in [-0.1, -0.05) is 16.1 Å². The van der Waals surface area contributed by atoms with Crippen molar-refractivity contribution in [2.24, 2.45) is 0 Å². The van der Waals surface area contributed by atoms with Gasteiger partial charge in [0, 0.05) is 18.5 Å². The average molecular weight is 261 g/mol. The maximum absolute atomic E-state index is 11.5. The quantitative estimate of drug-likeness (QED) is 0.782.